The topological polar surface area (TPSA) is 55.8 Å². The minimum absolute atomic E-state index is 0.268. The molecule has 0 heterocycles. The van der Waals surface area contributed by atoms with Gasteiger partial charge in [0.05, 0.1) is 19.8 Å². The summed E-state index contributed by atoms with van der Waals surface area (Å²) in [6, 6.07) is 0. The van der Waals surface area contributed by atoms with Gasteiger partial charge in [0.15, 0.2) is 0 Å². The van der Waals surface area contributed by atoms with E-state index in [1.165, 1.54) is 0 Å². The molecule has 4 nitrogen and oxygen atoms in total. The van der Waals surface area contributed by atoms with Crippen molar-refractivity contribution in [2.45, 2.75) is 13.3 Å². The highest BCUT2D eigenvalue weighted by Crippen LogP contribution is 1.87. The molecule has 0 fully saturated rings. The number of hydrogen-bond acceptors (Lipinski definition) is 4. The lowest BCUT2D eigenvalue weighted by Gasteiger charge is -2.03. The molecule has 0 unspecified atom stereocenters. The smallest absolute Gasteiger partial charge is 0.329 e. The van der Waals surface area contributed by atoms with Crippen molar-refractivity contribution in [1.82, 2.24) is 0 Å². The number of carboxylic acid groups (broad SMARTS) is 1. The van der Waals surface area contributed by atoms with Crippen LogP contribution in [0.3, 0.4) is 0 Å². The summed E-state index contributed by atoms with van der Waals surface area (Å²) >= 11 is 4.84. The first-order valence-electron chi connectivity index (χ1n) is 3.99. The van der Waals surface area contributed by atoms with Crippen LogP contribution in [0.25, 0.3) is 0 Å². The van der Waals surface area contributed by atoms with Gasteiger partial charge in [0.25, 0.3) is 0 Å². The lowest BCUT2D eigenvalue weighted by atomic mass is 10.4. The standard InChI is InChI=1S/C8H14O4S/c1-7(13)2-3-11-4-5-12-6-8(9)10/h2-6H2,1H3,(H,9,10). The predicted octanol–water partition coefficient (Wildman–Crippen LogP) is 0.884. The van der Waals surface area contributed by atoms with E-state index in [1.54, 1.807) is 0 Å². The zero-order chi connectivity index (χ0) is 10.1. The summed E-state index contributed by atoms with van der Waals surface area (Å²) in [7, 11) is 0. The largest absolute Gasteiger partial charge is 0.480 e. The zero-order valence-corrected chi connectivity index (χ0v) is 8.43. The molecule has 0 aromatic rings. The molecule has 5 heteroatoms. The van der Waals surface area contributed by atoms with Gasteiger partial charge in [-0.05, 0) is 11.8 Å². The van der Waals surface area contributed by atoms with Crippen molar-refractivity contribution in [1.29, 1.82) is 0 Å². The Labute approximate surface area is 82.8 Å². The minimum atomic E-state index is -0.963. The second kappa shape index (κ2) is 8.10. The predicted molar refractivity (Wildman–Crippen MR) is 52.2 cm³/mol. The molecule has 0 saturated carbocycles. The number of carbonyl (C=O) groups is 1. The third-order valence-corrected chi connectivity index (χ3v) is 1.40. The second-order valence-corrected chi connectivity index (χ2v) is 3.21. The summed E-state index contributed by atoms with van der Waals surface area (Å²) in [4.78, 5) is 10.9. The van der Waals surface area contributed by atoms with Crippen LogP contribution in [0.1, 0.15) is 13.3 Å². The van der Waals surface area contributed by atoms with Gasteiger partial charge >= 0.3 is 5.97 Å². The van der Waals surface area contributed by atoms with Crippen molar-refractivity contribution < 1.29 is 19.4 Å². The van der Waals surface area contributed by atoms with Crippen LogP contribution < -0.4 is 0 Å². The summed E-state index contributed by atoms with van der Waals surface area (Å²) in [5, 5.41) is 8.21. The van der Waals surface area contributed by atoms with Gasteiger partial charge in [0, 0.05) is 6.42 Å². The number of aliphatic carboxylic acids is 1. The van der Waals surface area contributed by atoms with Gasteiger partial charge < -0.3 is 14.6 Å². The van der Waals surface area contributed by atoms with E-state index in [1.807, 2.05) is 6.92 Å². The van der Waals surface area contributed by atoms with Gasteiger partial charge in [-0.2, -0.15) is 0 Å². The van der Waals surface area contributed by atoms with Gasteiger partial charge in [-0.3, -0.25) is 0 Å². The Balaban J connectivity index is 3.00. The van der Waals surface area contributed by atoms with Crippen molar-refractivity contribution in [2.75, 3.05) is 26.4 Å². The van der Waals surface area contributed by atoms with E-state index < -0.39 is 5.97 Å². The Hall–Kier alpha value is -0.520. The molecule has 0 amide bonds. The van der Waals surface area contributed by atoms with E-state index >= 15 is 0 Å². The highest BCUT2D eigenvalue weighted by molar-refractivity contribution is 7.80. The molecule has 0 aliphatic carbocycles. The molecule has 76 valence electrons. The maximum Gasteiger partial charge on any atom is 0.329 e. The van der Waals surface area contributed by atoms with Gasteiger partial charge in [-0.15, -0.1) is 0 Å². The van der Waals surface area contributed by atoms with Crippen molar-refractivity contribution in [3.8, 4) is 0 Å². The van der Waals surface area contributed by atoms with Gasteiger partial charge in [-0.25, -0.2) is 4.79 Å². The van der Waals surface area contributed by atoms with Crippen LogP contribution in [-0.2, 0) is 14.3 Å². The molecule has 1 N–H and O–H groups in total. The molecule has 0 bridgehead atoms. The summed E-state index contributed by atoms with van der Waals surface area (Å²) in [5.41, 5.74) is 0. The van der Waals surface area contributed by atoms with E-state index in [9.17, 15) is 4.79 Å². The number of carboxylic acids is 1. The normalized spacial score (nSPS) is 9.92. The van der Waals surface area contributed by atoms with Crippen molar-refractivity contribution in [3.05, 3.63) is 0 Å². The molecular weight excluding hydrogens is 192 g/mol. The fourth-order valence-corrected chi connectivity index (χ4v) is 0.679. The average molecular weight is 206 g/mol. The Bertz CT molecular complexity index is 152. The molecule has 13 heavy (non-hydrogen) atoms. The lowest BCUT2D eigenvalue weighted by molar-refractivity contribution is -0.142. The van der Waals surface area contributed by atoms with Crippen LogP contribution in [0.4, 0.5) is 0 Å². The number of ether oxygens (including phenoxy) is 2. The fourth-order valence-electron chi connectivity index (χ4n) is 0.595. The van der Waals surface area contributed by atoms with Crippen molar-refractivity contribution in [3.63, 3.8) is 0 Å². The highest BCUT2D eigenvalue weighted by atomic mass is 32.1. The molecule has 0 rings (SSSR count). The minimum Gasteiger partial charge on any atom is -0.480 e. The molecule has 0 spiro atoms. The van der Waals surface area contributed by atoms with Crippen molar-refractivity contribution in [2.24, 2.45) is 0 Å². The van der Waals surface area contributed by atoms with Crippen LogP contribution in [0.5, 0.6) is 0 Å². The third-order valence-electron chi connectivity index (χ3n) is 1.20. The summed E-state index contributed by atoms with van der Waals surface area (Å²) in [6.07, 6.45) is 0.758. The van der Waals surface area contributed by atoms with Crippen LogP contribution in [-0.4, -0.2) is 42.4 Å². The number of hydrogen-bond donors (Lipinski definition) is 1. The SMILES string of the molecule is CC(=S)CCOCCOCC(=O)O. The first-order chi connectivity index (χ1) is 6.13. The van der Waals surface area contributed by atoms with E-state index in [2.05, 4.69) is 0 Å². The average Bonchev–Trinajstić information content (AvgIpc) is 2.01. The zero-order valence-electron chi connectivity index (χ0n) is 7.62. The summed E-state index contributed by atoms with van der Waals surface area (Å²) in [5.74, 6) is -0.963. The van der Waals surface area contributed by atoms with Crippen LogP contribution in [0, 0.1) is 0 Å². The molecule has 0 aromatic carbocycles. The Morgan fingerprint density at radius 3 is 2.46 bits per heavy atom. The fraction of sp³-hybridized carbons (Fsp3) is 0.750. The van der Waals surface area contributed by atoms with E-state index in [-0.39, 0.29) is 6.61 Å². The molecule has 0 atom stereocenters. The first kappa shape index (κ1) is 12.5. The Morgan fingerprint density at radius 2 is 1.92 bits per heavy atom. The third kappa shape index (κ3) is 11.5. The molecule has 0 aliphatic rings. The highest BCUT2D eigenvalue weighted by Gasteiger charge is 1.95. The monoisotopic (exact) mass is 206 g/mol. The Morgan fingerprint density at radius 1 is 1.31 bits per heavy atom. The van der Waals surface area contributed by atoms with Crippen LogP contribution in [0.2, 0.25) is 0 Å². The molecule has 0 radical (unpaired) electrons. The van der Waals surface area contributed by atoms with Gasteiger partial charge in [0.1, 0.15) is 6.61 Å². The summed E-state index contributed by atoms with van der Waals surface area (Å²) < 4.78 is 9.87. The van der Waals surface area contributed by atoms with Crippen LogP contribution in [0.15, 0.2) is 0 Å². The van der Waals surface area contributed by atoms with Crippen LogP contribution >= 0.6 is 12.2 Å². The van der Waals surface area contributed by atoms with E-state index in [0.29, 0.717) is 19.8 Å². The molecule has 0 aromatic heterocycles. The first-order valence-corrected chi connectivity index (χ1v) is 4.40. The number of thiocarbonyl (C=S) groups is 1. The number of rotatable bonds is 8. The maximum atomic E-state index is 9.99. The quantitative estimate of drug-likeness (QED) is 0.472. The molecular formula is C8H14O4S. The van der Waals surface area contributed by atoms with Gasteiger partial charge in [-0.1, -0.05) is 12.2 Å². The van der Waals surface area contributed by atoms with Crippen molar-refractivity contribution >= 4 is 23.1 Å². The second-order valence-electron chi connectivity index (χ2n) is 2.51. The summed E-state index contributed by atoms with van der Waals surface area (Å²) in [6.45, 7) is 2.89. The maximum absolute atomic E-state index is 9.99. The lowest BCUT2D eigenvalue weighted by Crippen LogP contribution is -2.12. The molecule has 0 aliphatic heterocycles. The van der Waals surface area contributed by atoms with E-state index in [0.717, 1.165) is 11.3 Å². The molecule has 0 saturated heterocycles. The Kier molecular flexibility index (Phi) is 7.77. The van der Waals surface area contributed by atoms with Gasteiger partial charge in [0.2, 0.25) is 0 Å². The van der Waals surface area contributed by atoms with E-state index in [4.69, 9.17) is 26.8 Å².